The molecule has 0 aliphatic carbocycles. The van der Waals surface area contributed by atoms with Crippen LogP contribution in [-0.4, -0.2) is 29.2 Å². The third-order valence-electron chi connectivity index (χ3n) is 6.97. The summed E-state index contributed by atoms with van der Waals surface area (Å²) in [4.78, 5) is 44.5. The second-order valence-corrected chi connectivity index (χ2v) is 12.0. The molecule has 1 N–H and O–H groups in total. The van der Waals surface area contributed by atoms with Crippen molar-refractivity contribution >= 4 is 52.2 Å². The summed E-state index contributed by atoms with van der Waals surface area (Å²) >= 11 is 8.31. The second kappa shape index (κ2) is 10.2. The van der Waals surface area contributed by atoms with Crippen LogP contribution in [-0.2, 0) is 16.2 Å². The Bertz CT molecular complexity index is 1630. The van der Waals surface area contributed by atoms with E-state index in [1.807, 2.05) is 43.3 Å². The highest BCUT2D eigenvalue weighted by Gasteiger charge is 2.56. The summed E-state index contributed by atoms with van der Waals surface area (Å²) < 4.78 is 11.7. The van der Waals surface area contributed by atoms with E-state index in [0.717, 1.165) is 32.9 Å². The summed E-state index contributed by atoms with van der Waals surface area (Å²) in [7, 11) is 1.55. The minimum absolute atomic E-state index is 0.220. The van der Waals surface area contributed by atoms with Crippen LogP contribution in [0, 0.1) is 12.8 Å². The van der Waals surface area contributed by atoms with Crippen molar-refractivity contribution in [2.45, 2.75) is 29.7 Å². The number of rotatable bonds is 6. The van der Waals surface area contributed by atoms with Crippen LogP contribution in [0.5, 0.6) is 11.5 Å². The fourth-order valence-electron chi connectivity index (χ4n) is 5.06. The Labute approximate surface area is 237 Å². The molecule has 3 heterocycles. The van der Waals surface area contributed by atoms with Crippen molar-refractivity contribution in [3.63, 3.8) is 0 Å². The molecule has 39 heavy (non-hydrogen) atoms. The van der Waals surface area contributed by atoms with Crippen molar-refractivity contribution in [3.8, 4) is 11.5 Å². The van der Waals surface area contributed by atoms with Gasteiger partial charge in [0.25, 0.3) is 0 Å². The van der Waals surface area contributed by atoms with E-state index in [1.165, 1.54) is 16.7 Å². The molecule has 2 aliphatic rings. The number of methoxy groups -OCH3 is 1. The van der Waals surface area contributed by atoms with Crippen molar-refractivity contribution in [2.75, 3.05) is 12.0 Å². The predicted molar refractivity (Wildman–Crippen MR) is 152 cm³/mol. The minimum atomic E-state index is -0.673. The smallest absolute Gasteiger partial charge is 0.305 e. The summed E-state index contributed by atoms with van der Waals surface area (Å²) in [6, 6.07) is 20.2. The first-order valence-electron chi connectivity index (χ1n) is 12.2. The maximum absolute atomic E-state index is 13.9. The third-order valence-corrected chi connectivity index (χ3v) is 9.62. The Hall–Kier alpha value is -3.53. The van der Waals surface area contributed by atoms with E-state index in [4.69, 9.17) is 21.1 Å². The predicted octanol–water partition coefficient (Wildman–Crippen LogP) is 5.78. The van der Waals surface area contributed by atoms with E-state index in [0.29, 0.717) is 33.8 Å². The number of carbonyl (C=O) groups excluding carboxylic acids is 2. The quantitative estimate of drug-likeness (QED) is 0.292. The summed E-state index contributed by atoms with van der Waals surface area (Å²) in [6.45, 7) is 2.27. The van der Waals surface area contributed by atoms with Crippen LogP contribution in [0.2, 0.25) is 5.02 Å². The van der Waals surface area contributed by atoms with Gasteiger partial charge in [0.15, 0.2) is 11.5 Å². The standard InChI is InChI=1S/C29H23ClN2O5S2/c1-15-3-10-19(11-4-15)32-27(33)23-22(24-26(31-29(35)39-24)38-25(23)28(32)34)17-7-12-20(21(13-17)36-2)37-14-16-5-8-18(30)9-6-16/h3-13,22-23,25H,14H2,1-2H3,(H,31,35)/t22-,23?,25?/m1/s1. The number of amides is 2. The number of nitrogens with one attached hydrogen (secondary N) is 1. The number of carbonyl (C=O) groups is 2. The highest BCUT2D eigenvalue weighted by atomic mass is 35.5. The normalized spacial score (nSPS) is 20.1. The van der Waals surface area contributed by atoms with Gasteiger partial charge in [0.05, 0.1) is 23.7 Å². The van der Waals surface area contributed by atoms with Crippen molar-refractivity contribution in [3.05, 3.63) is 103 Å². The average molecular weight is 579 g/mol. The van der Waals surface area contributed by atoms with Gasteiger partial charge in [0.2, 0.25) is 11.8 Å². The molecule has 6 rings (SSSR count). The first-order chi connectivity index (χ1) is 18.8. The molecule has 2 amide bonds. The molecule has 1 aromatic heterocycles. The lowest BCUT2D eigenvalue weighted by Gasteiger charge is -2.30. The molecule has 1 fully saturated rings. The second-order valence-electron chi connectivity index (χ2n) is 9.42. The van der Waals surface area contributed by atoms with Gasteiger partial charge in [-0.2, -0.15) is 0 Å². The number of imide groups is 1. The number of aromatic amines is 1. The van der Waals surface area contributed by atoms with Crippen LogP contribution in [0.15, 0.2) is 76.6 Å². The lowest BCUT2D eigenvalue weighted by atomic mass is 9.83. The number of nitrogens with zero attached hydrogens (tertiary/aromatic N) is 1. The molecule has 3 aromatic carbocycles. The number of benzene rings is 3. The lowest BCUT2D eigenvalue weighted by Crippen LogP contribution is -2.32. The van der Waals surface area contributed by atoms with Gasteiger partial charge in [0.1, 0.15) is 11.9 Å². The van der Waals surface area contributed by atoms with Gasteiger partial charge >= 0.3 is 4.87 Å². The van der Waals surface area contributed by atoms with Gasteiger partial charge in [0, 0.05) is 15.8 Å². The number of anilines is 1. The first kappa shape index (κ1) is 25.7. The molecular weight excluding hydrogens is 556 g/mol. The number of thiazole rings is 1. The molecule has 1 saturated heterocycles. The van der Waals surface area contributed by atoms with Crippen LogP contribution >= 0.6 is 34.7 Å². The zero-order chi connectivity index (χ0) is 27.3. The van der Waals surface area contributed by atoms with Crippen molar-refractivity contribution in [2.24, 2.45) is 5.92 Å². The number of aromatic nitrogens is 1. The molecule has 2 aliphatic heterocycles. The van der Waals surface area contributed by atoms with E-state index in [2.05, 4.69) is 4.98 Å². The Morgan fingerprint density at radius 1 is 0.949 bits per heavy atom. The van der Waals surface area contributed by atoms with Crippen LogP contribution < -0.4 is 19.2 Å². The van der Waals surface area contributed by atoms with Gasteiger partial charge in [-0.1, -0.05) is 70.6 Å². The lowest BCUT2D eigenvalue weighted by molar-refractivity contribution is -0.122. The molecule has 10 heteroatoms. The van der Waals surface area contributed by atoms with E-state index in [9.17, 15) is 14.4 Å². The Balaban J connectivity index is 1.37. The molecule has 0 bridgehead atoms. The maximum atomic E-state index is 13.9. The average Bonchev–Trinajstić information content (AvgIpc) is 3.43. The Kier molecular flexibility index (Phi) is 6.74. The number of hydrogen-bond donors (Lipinski definition) is 1. The van der Waals surface area contributed by atoms with Gasteiger partial charge in [-0.15, -0.1) is 0 Å². The highest BCUT2D eigenvalue weighted by molar-refractivity contribution is 8.00. The zero-order valence-electron chi connectivity index (χ0n) is 21.0. The summed E-state index contributed by atoms with van der Waals surface area (Å²) in [5.41, 5.74) is 3.30. The van der Waals surface area contributed by atoms with Crippen molar-refractivity contribution < 1.29 is 19.1 Å². The van der Waals surface area contributed by atoms with Crippen LogP contribution in [0.25, 0.3) is 0 Å². The number of fused-ring (bicyclic) bond motifs is 2. The molecule has 198 valence electrons. The number of thioether (sulfide) groups is 1. The molecule has 0 radical (unpaired) electrons. The molecule has 0 spiro atoms. The maximum Gasteiger partial charge on any atom is 0.305 e. The SMILES string of the molecule is COc1cc([C@H]2c3sc(=O)[nH]c3SC3C(=O)N(c4ccc(C)cc4)C(=O)C32)ccc1OCc1ccc(Cl)cc1. The summed E-state index contributed by atoms with van der Waals surface area (Å²) in [5, 5.41) is 0.621. The van der Waals surface area contributed by atoms with Gasteiger partial charge < -0.3 is 14.5 Å². The number of halogens is 1. The van der Waals surface area contributed by atoms with E-state index in [-0.39, 0.29) is 16.7 Å². The summed E-state index contributed by atoms with van der Waals surface area (Å²) in [5.74, 6) is -0.700. The topological polar surface area (TPSA) is 88.7 Å². The number of ether oxygens (including phenoxy) is 2. The molecule has 4 aromatic rings. The van der Waals surface area contributed by atoms with Crippen LogP contribution in [0.4, 0.5) is 5.69 Å². The van der Waals surface area contributed by atoms with E-state index >= 15 is 0 Å². The zero-order valence-corrected chi connectivity index (χ0v) is 23.4. The van der Waals surface area contributed by atoms with Gasteiger partial charge in [-0.05, 0) is 54.4 Å². The van der Waals surface area contributed by atoms with Gasteiger partial charge in [-0.3, -0.25) is 14.4 Å². The van der Waals surface area contributed by atoms with Crippen LogP contribution in [0.1, 0.15) is 27.5 Å². The molecule has 2 unspecified atom stereocenters. The Morgan fingerprint density at radius 3 is 2.41 bits per heavy atom. The number of H-pyrrole nitrogens is 1. The van der Waals surface area contributed by atoms with E-state index < -0.39 is 17.1 Å². The fourth-order valence-corrected chi connectivity index (χ4v) is 7.70. The Morgan fingerprint density at radius 2 is 1.69 bits per heavy atom. The highest BCUT2D eigenvalue weighted by Crippen LogP contribution is 2.53. The number of hydrogen-bond acceptors (Lipinski definition) is 7. The largest absolute Gasteiger partial charge is 0.493 e. The van der Waals surface area contributed by atoms with Crippen molar-refractivity contribution in [1.29, 1.82) is 0 Å². The molecular formula is C29H23ClN2O5S2. The van der Waals surface area contributed by atoms with Gasteiger partial charge in [-0.25, -0.2) is 4.90 Å². The monoisotopic (exact) mass is 578 g/mol. The molecule has 0 saturated carbocycles. The minimum Gasteiger partial charge on any atom is -0.493 e. The first-order valence-corrected chi connectivity index (χ1v) is 14.3. The van der Waals surface area contributed by atoms with E-state index in [1.54, 1.807) is 37.4 Å². The molecule has 3 atom stereocenters. The third kappa shape index (κ3) is 4.64. The molecule has 7 nitrogen and oxygen atoms in total. The number of aryl methyl sites for hydroxylation is 1. The fraction of sp³-hybridized carbons (Fsp3) is 0.207. The summed E-state index contributed by atoms with van der Waals surface area (Å²) in [6.07, 6.45) is 0. The van der Waals surface area contributed by atoms with Crippen molar-refractivity contribution in [1.82, 2.24) is 4.98 Å². The van der Waals surface area contributed by atoms with Crippen LogP contribution in [0.3, 0.4) is 0 Å².